The predicted molar refractivity (Wildman–Crippen MR) is 60.4 cm³/mol. The first-order valence-corrected chi connectivity index (χ1v) is 5.09. The number of halogens is 1. The first-order chi connectivity index (χ1) is 7.59. The van der Waals surface area contributed by atoms with E-state index in [0.29, 0.717) is 0 Å². The summed E-state index contributed by atoms with van der Waals surface area (Å²) in [6.07, 6.45) is 1.68. The van der Waals surface area contributed by atoms with Gasteiger partial charge in [-0.25, -0.2) is 4.39 Å². The van der Waals surface area contributed by atoms with Gasteiger partial charge in [-0.15, -0.1) is 0 Å². The van der Waals surface area contributed by atoms with Crippen LogP contribution in [-0.4, -0.2) is 9.78 Å². The maximum absolute atomic E-state index is 13.2. The lowest BCUT2D eigenvalue weighted by Crippen LogP contribution is -2.17. The number of hydrogen-bond acceptors (Lipinski definition) is 2. The van der Waals surface area contributed by atoms with Crippen LogP contribution < -0.4 is 5.73 Å². The topological polar surface area (TPSA) is 43.8 Å². The molecule has 0 fully saturated rings. The predicted octanol–water partition coefficient (Wildman–Crippen LogP) is 1.92. The standard InChI is InChI=1S/C12H14FN3/c1-8-3-4-9(13)7-10(8)12(14)11-5-6-15-16(11)2/h3-7,12H,14H2,1-2H3. The molecule has 1 aromatic heterocycles. The summed E-state index contributed by atoms with van der Waals surface area (Å²) in [5.41, 5.74) is 8.75. The molecule has 4 heteroatoms. The lowest BCUT2D eigenvalue weighted by molar-refractivity contribution is 0.618. The summed E-state index contributed by atoms with van der Waals surface area (Å²) < 4.78 is 14.9. The van der Waals surface area contributed by atoms with Crippen molar-refractivity contribution < 1.29 is 4.39 Å². The maximum Gasteiger partial charge on any atom is 0.123 e. The van der Waals surface area contributed by atoms with Crippen molar-refractivity contribution in [1.29, 1.82) is 0 Å². The Hall–Kier alpha value is -1.68. The van der Waals surface area contributed by atoms with Gasteiger partial charge in [-0.05, 0) is 36.2 Å². The van der Waals surface area contributed by atoms with Crippen molar-refractivity contribution in [3.8, 4) is 0 Å². The van der Waals surface area contributed by atoms with Gasteiger partial charge >= 0.3 is 0 Å². The van der Waals surface area contributed by atoms with Crippen LogP contribution in [0.2, 0.25) is 0 Å². The highest BCUT2D eigenvalue weighted by Gasteiger charge is 2.15. The van der Waals surface area contributed by atoms with E-state index in [1.54, 1.807) is 16.9 Å². The monoisotopic (exact) mass is 219 g/mol. The SMILES string of the molecule is Cc1ccc(F)cc1C(N)c1ccnn1C. The Morgan fingerprint density at radius 3 is 2.75 bits per heavy atom. The van der Waals surface area contributed by atoms with Gasteiger partial charge in [0.2, 0.25) is 0 Å². The van der Waals surface area contributed by atoms with Gasteiger partial charge in [0.15, 0.2) is 0 Å². The minimum Gasteiger partial charge on any atom is -0.319 e. The van der Waals surface area contributed by atoms with Crippen molar-refractivity contribution in [3.63, 3.8) is 0 Å². The molecule has 0 amide bonds. The highest BCUT2D eigenvalue weighted by atomic mass is 19.1. The van der Waals surface area contributed by atoms with Crippen LogP contribution in [0.1, 0.15) is 22.9 Å². The Morgan fingerprint density at radius 1 is 1.38 bits per heavy atom. The van der Waals surface area contributed by atoms with Gasteiger partial charge in [-0.3, -0.25) is 4.68 Å². The van der Waals surface area contributed by atoms with Crippen LogP contribution in [0.5, 0.6) is 0 Å². The number of aryl methyl sites for hydroxylation is 2. The molecular weight excluding hydrogens is 205 g/mol. The van der Waals surface area contributed by atoms with Crippen molar-refractivity contribution in [1.82, 2.24) is 9.78 Å². The van der Waals surface area contributed by atoms with E-state index in [0.717, 1.165) is 16.8 Å². The van der Waals surface area contributed by atoms with E-state index in [1.165, 1.54) is 12.1 Å². The molecular formula is C12H14FN3. The van der Waals surface area contributed by atoms with Gasteiger partial charge < -0.3 is 5.73 Å². The van der Waals surface area contributed by atoms with Crippen molar-refractivity contribution in [2.24, 2.45) is 12.8 Å². The fourth-order valence-corrected chi connectivity index (χ4v) is 1.79. The molecule has 0 aliphatic rings. The lowest BCUT2D eigenvalue weighted by atomic mass is 9.99. The number of aromatic nitrogens is 2. The molecule has 0 spiro atoms. The average Bonchev–Trinajstić information content (AvgIpc) is 2.67. The van der Waals surface area contributed by atoms with Crippen LogP contribution in [0.25, 0.3) is 0 Å². The Balaban J connectivity index is 2.45. The summed E-state index contributed by atoms with van der Waals surface area (Å²) in [7, 11) is 1.82. The molecule has 0 bridgehead atoms. The minimum atomic E-state index is -0.344. The van der Waals surface area contributed by atoms with Gasteiger partial charge in [-0.2, -0.15) is 5.10 Å². The Labute approximate surface area is 93.7 Å². The fraction of sp³-hybridized carbons (Fsp3) is 0.250. The summed E-state index contributed by atoms with van der Waals surface area (Å²) in [6.45, 7) is 1.92. The highest BCUT2D eigenvalue weighted by Crippen LogP contribution is 2.22. The first kappa shape index (κ1) is 10.8. The Bertz CT molecular complexity index is 505. The second kappa shape index (κ2) is 4.06. The molecule has 84 valence electrons. The zero-order valence-electron chi connectivity index (χ0n) is 9.31. The van der Waals surface area contributed by atoms with Crippen LogP contribution in [0.3, 0.4) is 0 Å². The van der Waals surface area contributed by atoms with Crippen LogP contribution in [0.4, 0.5) is 4.39 Å². The smallest absolute Gasteiger partial charge is 0.123 e. The molecule has 0 radical (unpaired) electrons. The molecule has 0 aliphatic carbocycles. The Morgan fingerprint density at radius 2 is 2.12 bits per heavy atom. The molecule has 0 saturated carbocycles. The molecule has 1 unspecified atom stereocenters. The van der Waals surface area contributed by atoms with E-state index in [-0.39, 0.29) is 11.9 Å². The van der Waals surface area contributed by atoms with E-state index >= 15 is 0 Å². The van der Waals surface area contributed by atoms with Gasteiger partial charge in [0.1, 0.15) is 5.82 Å². The van der Waals surface area contributed by atoms with E-state index in [4.69, 9.17) is 5.73 Å². The zero-order chi connectivity index (χ0) is 11.7. The number of rotatable bonds is 2. The molecule has 0 saturated heterocycles. The van der Waals surface area contributed by atoms with E-state index < -0.39 is 0 Å². The summed E-state index contributed by atoms with van der Waals surface area (Å²) in [5, 5.41) is 4.06. The summed E-state index contributed by atoms with van der Waals surface area (Å²) in [4.78, 5) is 0. The quantitative estimate of drug-likeness (QED) is 0.838. The van der Waals surface area contributed by atoms with E-state index in [1.807, 2.05) is 20.0 Å². The average molecular weight is 219 g/mol. The van der Waals surface area contributed by atoms with Gasteiger partial charge in [0.25, 0.3) is 0 Å². The number of nitrogens with zero attached hydrogens (tertiary/aromatic N) is 2. The van der Waals surface area contributed by atoms with Gasteiger partial charge in [0, 0.05) is 13.2 Å². The van der Waals surface area contributed by atoms with Crippen LogP contribution in [0.15, 0.2) is 30.5 Å². The second-order valence-corrected chi connectivity index (χ2v) is 3.86. The molecule has 2 rings (SSSR count). The van der Waals surface area contributed by atoms with Gasteiger partial charge in [0.05, 0.1) is 11.7 Å². The van der Waals surface area contributed by atoms with Crippen LogP contribution in [-0.2, 0) is 7.05 Å². The molecule has 0 aliphatic heterocycles. The van der Waals surface area contributed by atoms with Crippen LogP contribution >= 0.6 is 0 Å². The van der Waals surface area contributed by atoms with Crippen LogP contribution in [0, 0.1) is 12.7 Å². The highest BCUT2D eigenvalue weighted by molar-refractivity contribution is 5.34. The van der Waals surface area contributed by atoms with Crippen molar-refractivity contribution >= 4 is 0 Å². The van der Waals surface area contributed by atoms with E-state index in [9.17, 15) is 4.39 Å². The number of benzene rings is 1. The lowest BCUT2D eigenvalue weighted by Gasteiger charge is -2.15. The zero-order valence-corrected chi connectivity index (χ0v) is 9.31. The van der Waals surface area contributed by atoms with Crippen molar-refractivity contribution in [3.05, 3.63) is 53.1 Å². The molecule has 1 heterocycles. The molecule has 1 aromatic carbocycles. The normalized spacial score (nSPS) is 12.8. The summed E-state index contributed by atoms with van der Waals surface area (Å²) >= 11 is 0. The summed E-state index contributed by atoms with van der Waals surface area (Å²) in [5.74, 6) is -0.266. The van der Waals surface area contributed by atoms with Crippen molar-refractivity contribution in [2.45, 2.75) is 13.0 Å². The largest absolute Gasteiger partial charge is 0.319 e. The van der Waals surface area contributed by atoms with E-state index in [2.05, 4.69) is 5.10 Å². The molecule has 2 aromatic rings. The third-order valence-corrected chi connectivity index (χ3v) is 2.75. The fourth-order valence-electron chi connectivity index (χ4n) is 1.79. The third kappa shape index (κ3) is 1.84. The molecule has 3 nitrogen and oxygen atoms in total. The molecule has 1 atom stereocenters. The first-order valence-electron chi connectivity index (χ1n) is 5.09. The number of hydrogen-bond donors (Lipinski definition) is 1. The number of nitrogens with two attached hydrogens (primary N) is 1. The minimum absolute atomic E-state index is 0.266. The molecule has 2 N–H and O–H groups in total. The summed E-state index contributed by atoms with van der Waals surface area (Å²) in [6, 6.07) is 6.15. The van der Waals surface area contributed by atoms with Gasteiger partial charge in [-0.1, -0.05) is 6.07 Å². The second-order valence-electron chi connectivity index (χ2n) is 3.86. The third-order valence-electron chi connectivity index (χ3n) is 2.75. The van der Waals surface area contributed by atoms with Crippen molar-refractivity contribution in [2.75, 3.05) is 0 Å². The molecule has 16 heavy (non-hydrogen) atoms. The Kier molecular flexibility index (Phi) is 2.75. The maximum atomic E-state index is 13.2.